The molecule has 0 saturated carbocycles. The molecule has 8 heteroatoms. The third-order valence-corrected chi connectivity index (χ3v) is 5.77. The second-order valence-corrected chi connectivity index (χ2v) is 8.35. The lowest BCUT2D eigenvalue weighted by Crippen LogP contribution is -2.36. The first-order chi connectivity index (χ1) is 14.3. The van der Waals surface area contributed by atoms with E-state index in [1.165, 1.54) is 12.1 Å². The minimum atomic E-state index is -1.05. The number of rotatable bonds is 9. The molecule has 1 aromatic heterocycles. The Hall–Kier alpha value is -2.64. The van der Waals surface area contributed by atoms with Crippen LogP contribution in [0.15, 0.2) is 22.7 Å². The molecular weight excluding hydrogens is 389 g/mol. The lowest BCUT2D eigenvalue weighted by atomic mass is 9.84. The van der Waals surface area contributed by atoms with Crippen molar-refractivity contribution >= 4 is 12.0 Å². The van der Waals surface area contributed by atoms with Gasteiger partial charge in [-0.3, -0.25) is 4.79 Å². The molecule has 1 atom stereocenters. The highest BCUT2D eigenvalue weighted by Crippen LogP contribution is 2.30. The van der Waals surface area contributed by atoms with E-state index in [0.29, 0.717) is 30.2 Å². The molecule has 0 unspecified atom stereocenters. The van der Waals surface area contributed by atoms with Gasteiger partial charge in [0.25, 0.3) is 0 Å². The maximum Gasteiger partial charge on any atom is 0.324 e. The first-order valence-corrected chi connectivity index (χ1v) is 10.5. The molecule has 1 N–H and O–H groups in total. The predicted molar refractivity (Wildman–Crippen MR) is 110 cm³/mol. The van der Waals surface area contributed by atoms with Crippen molar-refractivity contribution in [1.82, 2.24) is 10.1 Å². The molecule has 1 saturated heterocycles. The highest BCUT2D eigenvalue weighted by atomic mass is 19.1. The Kier molecular flexibility index (Phi) is 7.29. The number of benzene rings is 1. The highest BCUT2D eigenvalue weighted by molar-refractivity contribution is 5.70. The van der Waals surface area contributed by atoms with Gasteiger partial charge >= 0.3 is 12.0 Å². The quantitative estimate of drug-likeness (QED) is 0.649. The first-order valence-electron chi connectivity index (χ1n) is 10.5. The molecule has 2 heterocycles. The number of halogens is 1. The average Bonchev–Trinajstić information content (AvgIpc) is 3.20. The van der Waals surface area contributed by atoms with E-state index in [-0.39, 0.29) is 17.9 Å². The Labute approximate surface area is 176 Å². The fraction of sp³-hybridized carbons (Fsp3) is 0.591. The van der Waals surface area contributed by atoms with Crippen molar-refractivity contribution in [2.24, 2.45) is 11.8 Å². The van der Waals surface area contributed by atoms with Crippen LogP contribution in [0.1, 0.15) is 57.3 Å². The van der Waals surface area contributed by atoms with Gasteiger partial charge in [-0.1, -0.05) is 32.0 Å². The molecule has 1 aromatic carbocycles. The topological polar surface area (TPSA) is 88.7 Å². The standard InChI is InChI=1S/C22H30FN3O4/c1-14(2)21-24-22(30-25-21)26-9-6-16(7-10-26)15(3)8-11-29-18-5-4-17(12-20(27)28)19(23)13-18/h4-5,13-16H,6-12H2,1-3H3,(H,27,28)/t15-/m1/s1. The zero-order valence-corrected chi connectivity index (χ0v) is 17.8. The zero-order chi connectivity index (χ0) is 21.7. The van der Waals surface area contributed by atoms with Crippen molar-refractivity contribution in [3.63, 3.8) is 0 Å². The molecule has 0 bridgehead atoms. The number of hydrogen-bond donors (Lipinski definition) is 1. The normalized spacial score (nSPS) is 16.1. The predicted octanol–water partition coefficient (Wildman–Crippen LogP) is 4.28. The summed E-state index contributed by atoms with van der Waals surface area (Å²) >= 11 is 0. The molecule has 0 radical (unpaired) electrons. The van der Waals surface area contributed by atoms with E-state index in [1.807, 2.05) is 13.8 Å². The fourth-order valence-electron chi connectivity index (χ4n) is 3.77. The highest BCUT2D eigenvalue weighted by Gasteiger charge is 2.26. The van der Waals surface area contributed by atoms with Crippen LogP contribution in [0, 0.1) is 17.7 Å². The number of hydrogen-bond acceptors (Lipinski definition) is 6. The molecule has 1 aliphatic heterocycles. The van der Waals surface area contributed by atoms with Gasteiger partial charge in [0.1, 0.15) is 11.6 Å². The summed E-state index contributed by atoms with van der Waals surface area (Å²) in [4.78, 5) is 17.4. The second-order valence-electron chi connectivity index (χ2n) is 8.35. The van der Waals surface area contributed by atoms with Gasteiger partial charge in [-0.15, -0.1) is 0 Å². The van der Waals surface area contributed by atoms with E-state index in [1.54, 1.807) is 6.07 Å². The Morgan fingerprint density at radius 2 is 2.07 bits per heavy atom. The van der Waals surface area contributed by atoms with Gasteiger partial charge in [-0.05, 0) is 42.7 Å². The van der Waals surface area contributed by atoms with Crippen molar-refractivity contribution in [3.8, 4) is 5.75 Å². The number of piperidine rings is 1. The van der Waals surface area contributed by atoms with Gasteiger partial charge in [0.05, 0.1) is 13.0 Å². The summed E-state index contributed by atoms with van der Waals surface area (Å²) in [5, 5.41) is 12.8. The molecule has 1 aliphatic rings. The maximum atomic E-state index is 13.9. The summed E-state index contributed by atoms with van der Waals surface area (Å²) < 4.78 is 25.0. The first kappa shape index (κ1) is 22.1. The summed E-state index contributed by atoms with van der Waals surface area (Å²) in [6.07, 6.45) is 2.66. The van der Waals surface area contributed by atoms with Crippen LogP contribution in [0.5, 0.6) is 5.75 Å². The third kappa shape index (κ3) is 5.70. The number of aromatic nitrogens is 2. The van der Waals surface area contributed by atoms with Gasteiger partial charge in [-0.25, -0.2) is 4.39 Å². The number of carboxylic acids is 1. The van der Waals surface area contributed by atoms with Crippen LogP contribution in [0.2, 0.25) is 0 Å². The van der Waals surface area contributed by atoms with Gasteiger partial charge in [-0.2, -0.15) is 4.98 Å². The lowest BCUT2D eigenvalue weighted by Gasteiger charge is -2.33. The number of carbonyl (C=O) groups is 1. The Morgan fingerprint density at radius 1 is 1.33 bits per heavy atom. The van der Waals surface area contributed by atoms with Gasteiger partial charge in [0.2, 0.25) is 0 Å². The van der Waals surface area contributed by atoms with Gasteiger partial charge < -0.3 is 19.3 Å². The zero-order valence-electron chi connectivity index (χ0n) is 17.8. The van der Waals surface area contributed by atoms with Crippen molar-refractivity contribution in [1.29, 1.82) is 0 Å². The monoisotopic (exact) mass is 419 g/mol. The van der Waals surface area contributed by atoms with Crippen molar-refractivity contribution < 1.29 is 23.6 Å². The van der Waals surface area contributed by atoms with E-state index in [0.717, 1.165) is 38.2 Å². The van der Waals surface area contributed by atoms with Crippen LogP contribution >= 0.6 is 0 Å². The van der Waals surface area contributed by atoms with Crippen LogP contribution in [-0.4, -0.2) is 40.9 Å². The molecule has 0 aliphatic carbocycles. The van der Waals surface area contributed by atoms with Crippen LogP contribution < -0.4 is 9.64 Å². The molecule has 7 nitrogen and oxygen atoms in total. The maximum absolute atomic E-state index is 13.9. The smallest absolute Gasteiger partial charge is 0.324 e. The summed E-state index contributed by atoms with van der Waals surface area (Å²) in [5.74, 6) is 0.899. The minimum absolute atomic E-state index is 0.164. The van der Waals surface area contributed by atoms with Crippen LogP contribution in [0.4, 0.5) is 10.4 Å². The molecule has 164 valence electrons. The molecular formula is C22H30FN3O4. The van der Waals surface area contributed by atoms with Gasteiger partial charge in [0.15, 0.2) is 5.82 Å². The Morgan fingerprint density at radius 3 is 2.67 bits per heavy atom. The SMILES string of the molecule is CC(C)c1noc(N2CCC([C@H](C)CCOc3ccc(CC(=O)O)c(F)c3)CC2)n1. The average molecular weight is 419 g/mol. The molecule has 2 aromatic rings. The van der Waals surface area contributed by atoms with Crippen molar-refractivity contribution in [3.05, 3.63) is 35.4 Å². The molecule has 30 heavy (non-hydrogen) atoms. The lowest BCUT2D eigenvalue weighted by molar-refractivity contribution is -0.136. The molecule has 0 amide bonds. The summed E-state index contributed by atoms with van der Waals surface area (Å²) in [5.41, 5.74) is 0.164. The van der Waals surface area contributed by atoms with Gasteiger partial charge in [0, 0.05) is 25.1 Å². The van der Waals surface area contributed by atoms with Crippen molar-refractivity contribution in [2.75, 3.05) is 24.6 Å². The minimum Gasteiger partial charge on any atom is -0.493 e. The van der Waals surface area contributed by atoms with E-state index in [9.17, 15) is 9.18 Å². The summed E-state index contributed by atoms with van der Waals surface area (Å²) in [7, 11) is 0. The van der Waals surface area contributed by atoms with Crippen LogP contribution in [0.3, 0.4) is 0 Å². The molecule has 0 spiro atoms. The number of ether oxygens (including phenoxy) is 1. The number of nitrogens with zero attached hydrogens (tertiary/aromatic N) is 3. The molecule has 3 rings (SSSR count). The van der Waals surface area contributed by atoms with E-state index >= 15 is 0 Å². The van der Waals surface area contributed by atoms with E-state index in [2.05, 4.69) is 22.0 Å². The summed E-state index contributed by atoms with van der Waals surface area (Å²) in [6.45, 7) is 8.61. The van der Waals surface area contributed by atoms with Crippen LogP contribution in [0.25, 0.3) is 0 Å². The fourth-order valence-corrected chi connectivity index (χ4v) is 3.77. The number of anilines is 1. The van der Waals surface area contributed by atoms with Crippen LogP contribution in [-0.2, 0) is 11.2 Å². The third-order valence-electron chi connectivity index (χ3n) is 5.77. The van der Waals surface area contributed by atoms with E-state index < -0.39 is 11.8 Å². The van der Waals surface area contributed by atoms with Crippen molar-refractivity contribution in [2.45, 2.75) is 52.4 Å². The Bertz CT molecular complexity index is 847. The summed E-state index contributed by atoms with van der Waals surface area (Å²) in [6, 6.07) is 4.97. The Balaban J connectivity index is 1.42. The largest absolute Gasteiger partial charge is 0.493 e. The number of aliphatic carboxylic acids is 1. The van der Waals surface area contributed by atoms with E-state index in [4.69, 9.17) is 14.4 Å². The second kappa shape index (κ2) is 9.91. The number of carboxylic acid groups (broad SMARTS) is 1. The molecule has 1 fully saturated rings.